The van der Waals surface area contributed by atoms with Gasteiger partial charge in [-0.05, 0) is 52.2 Å². The molecule has 1 aromatic carbocycles. The molecule has 1 N–H and O–H groups in total. The molecule has 2 aliphatic rings. The molecule has 34 heavy (non-hydrogen) atoms. The molecule has 2 fully saturated rings. The van der Waals surface area contributed by atoms with Crippen molar-refractivity contribution in [2.24, 2.45) is 4.99 Å². The van der Waals surface area contributed by atoms with Crippen LogP contribution in [-0.4, -0.2) is 56.0 Å². The molecule has 0 radical (unpaired) electrons. The van der Waals surface area contributed by atoms with Gasteiger partial charge in [0.25, 0.3) is 5.91 Å². The second-order valence-electron chi connectivity index (χ2n) is 8.31. The van der Waals surface area contributed by atoms with Crippen molar-refractivity contribution < 1.29 is 19.1 Å². The number of ether oxygens (including phenoxy) is 2. The molecule has 0 spiro atoms. The number of halogens is 1. The highest BCUT2D eigenvalue weighted by Gasteiger charge is 2.43. The zero-order valence-corrected chi connectivity index (χ0v) is 21.2. The van der Waals surface area contributed by atoms with Crippen molar-refractivity contribution in [2.75, 3.05) is 37.9 Å². The Bertz CT molecular complexity index is 1150. The number of hydrogen-bond acceptors (Lipinski definition) is 7. The summed E-state index contributed by atoms with van der Waals surface area (Å²) in [6, 6.07) is 9.39. The molecule has 8 nitrogen and oxygen atoms in total. The number of anilines is 1. The summed E-state index contributed by atoms with van der Waals surface area (Å²) in [7, 11) is 0. The Labute approximate surface area is 210 Å². The zero-order valence-electron chi connectivity index (χ0n) is 18.8. The van der Waals surface area contributed by atoms with E-state index in [0.717, 1.165) is 20.6 Å². The van der Waals surface area contributed by atoms with Crippen LogP contribution in [0.3, 0.4) is 0 Å². The van der Waals surface area contributed by atoms with Gasteiger partial charge in [0.2, 0.25) is 6.19 Å². The monoisotopic (exact) mass is 544 g/mol. The van der Waals surface area contributed by atoms with Crippen molar-refractivity contribution in [3.05, 3.63) is 50.1 Å². The molecular weight excluding hydrogens is 520 g/mol. The molecule has 10 heteroatoms. The molecule has 178 valence electrons. The van der Waals surface area contributed by atoms with Gasteiger partial charge >= 0.3 is 0 Å². The molecular formula is C24H25BrN4O4S. The van der Waals surface area contributed by atoms with Gasteiger partial charge in [-0.15, -0.1) is 11.3 Å². The Kier molecular flexibility index (Phi) is 7.78. The van der Waals surface area contributed by atoms with Crippen molar-refractivity contribution in [1.82, 2.24) is 5.32 Å². The first-order valence-electron chi connectivity index (χ1n) is 11.0. The molecule has 3 heterocycles. The Morgan fingerprint density at radius 1 is 1.26 bits per heavy atom. The second kappa shape index (κ2) is 10.8. The van der Waals surface area contributed by atoms with Crippen LogP contribution in [0.25, 0.3) is 0 Å². The van der Waals surface area contributed by atoms with Gasteiger partial charge in [0.1, 0.15) is 11.4 Å². The summed E-state index contributed by atoms with van der Waals surface area (Å²) in [4.78, 5) is 32.7. The van der Waals surface area contributed by atoms with Crippen LogP contribution in [0.15, 0.2) is 39.1 Å². The van der Waals surface area contributed by atoms with Crippen molar-refractivity contribution in [3.8, 4) is 6.19 Å². The van der Waals surface area contributed by atoms with Gasteiger partial charge in [-0.25, -0.2) is 0 Å². The van der Waals surface area contributed by atoms with Gasteiger partial charge in [0, 0.05) is 38.1 Å². The molecule has 1 atom stereocenters. The van der Waals surface area contributed by atoms with E-state index in [1.807, 2.05) is 42.3 Å². The van der Waals surface area contributed by atoms with E-state index in [1.54, 1.807) is 6.07 Å². The maximum absolute atomic E-state index is 13.4. The summed E-state index contributed by atoms with van der Waals surface area (Å²) in [6.07, 6.45) is 3.08. The third kappa shape index (κ3) is 5.39. The Balaban J connectivity index is 1.51. The standard InChI is InChI=1S/C24H25BrN4O4S/c1-16-12-17(2-3-18(16)29-8-11-32-9-6-22(29)27-15-26)13-20(30)24(7-10-33-14-24)28-23(31)19-4-5-21(25)34-19/h2-5,12H,6-11,13-14H2,1H3,(H,28,31)/t24-/m0/s1. The van der Waals surface area contributed by atoms with Crippen LogP contribution in [0.5, 0.6) is 0 Å². The van der Waals surface area contributed by atoms with Crippen LogP contribution in [-0.2, 0) is 20.7 Å². The molecule has 2 aromatic rings. The van der Waals surface area contributed by atoms with Gasteiger partial charge in [0.15, 0.2) is 5.78 Å². The average molecular weight is 545 g/mol. The van der Waals surface area contributed by atoms with Crippen molar-refractivity contribution in [2.45, 2.75) is 31.7 Å². The largest absolute Gasteiger partial charge is 0.379 e. The molecule has 1 aromatic heterocycles. The third-order valence-corrected chi connectivity index (χ3v) is 7.66. The van der Waals surface area contributed by atoms with Gasteiger partial charge in [-0.2, -0.15) is 10.3 Å². The zero-order chi connectivity index (χ0) is 24.1. The minimum absolute atomic E-state index is 0.0731. The van der Waals surface area contributed by atoms with E-state index in [9.17, 15) is 9.59 Å². The predicted octanol–water partition coefficient (Wildman–Crippen LogP) is 3.63. The Morgan fingerprint density at radius 3 is 2.79 bits per heavy atom. The summed E-state index contributed by atoms with van der Waals surface area (Å²) >= 11 is 4.70. The summed E-state index contributed by atoms with van der Waals surface area (Å²) in [5.74, 6) is 0.335. The van der Waals surface area contributed by atoms with Crippen LogP contribution >= 0.6 is 27.3 Å². The summed E-state index contributed by atoms with van der Waals surface area (Å²) < 4.78 is 11.9. The molecule has 0 bridgehead atoms. The Morgan fingerprint density at radius 2 is 2.12 bits per heavy atom. The number of amides is 1. The van der Waals surface area contributed by atoms with E-state index in [2.05, 4.69) is 26.2 Å². The van der Waals surface area contributed by atoms with Crippen molar-refractivity contribution >= 4 is 50.5 Å². The first-order valence-corrected chi connectivity index (χ1v) is 12.6. The first kappa shape index (κ1) is 24.5. The minimum Gasteiger partial charge on any atom is -0.379 e. The smallest absolute Gasteiger partial charge is 0.262 e. The number of ketones is 1. The number of rotatable bonds is 6. The second-order valence-corrected chi connectivity index (χ2v) is 10.8. The van der Waals surface area contributed by atoms with E-state index >= 15 is 0 Å². The average Bonchev–Trinajstić information content (AvgIpc) is 3.40. The number of nitriles is 1. The van der Waals surface area contributed by atoms with Crippen LogP contribution in [0.2, 0.25) is 0 Å². The number of carbonyl (C=O) groups is 2. The minimum atomic E-state index is -1.03. The molecule has 4 rings (SSSR count). The number of amidine groups is 1. The maximum atomic E-state index is 13.4. The number of nitrogens with zero attached hydrogens (tertiary/aromatic N) is 3. The predicted molar refractivity (Wildman–Crippen MR) is 133 cm³/mol. The van der Waals surface area contributed by atoms with Crippen LogP contribution in [0, 0.1) is 18.4 Å². The lowest BCUT2D eigenvalue weighted by atomic mass is 9.88. The molecule has 2 saturated heterocycles. The third-order valence-electron chi connectivity index (χ3n) is 6.04. The highest BCUT2D eigenvalue weighted by Crippen LogP contribution is 2.28. The van der Waals surface area contributed by atoms with E-state index in [0.29, 0.717) is 49.9 Å². The van der Waals surface area contributed by atoms with Crippen molar-refractivity contribution in [1.29, 1.82) is 5.26 Å². The number of Topliss-reactive ketones (excluding diaryl/α,β-unsaturated/α-hetero) is 1. The van der Waals surface area contributed by atoms with Crippen molar-refractivity contribution in [3.63, 3.8) is 0 Å². The number of hydrogen-bond donors (Lipinski definition) is 1. The van der Waals surface area contributed by atoms with E-state index in [1.165, 1.54) is 11.3 Å². The lowest BCUT2D eigenvalue weighted by Gasteiger charge is -2.28. The number of carbonyl (C=O) groups excluding carboxylic acids is 2. The fourth-order valence-electron chi connectivity index (χ4n) is 4.27. The van der Waals surface area contributed by atoms with E-state index < -0.39 is 5.54 Å². The summed E-state index contributed by atoms with van der Waals surface area (Å²) in [5.41, 5.74) is 1.73. The molecule has 0 unspecified atom stereocenters. The molecule has 0 saturated carbocycles. The van der Waals surface area contributed by atoms with Crippen LogP contribution in [0.1, 0.15) is 33.6 Å². The van der Waals surface area contributed by atoms with Gasteiger partial charge in [-0.1, -0.05) is 12.1 Å². The SMILES string of the molecule is Cc1cc(CC(=O)[C@]2(NC(=O)c3ccc(Br)s3)CCOC2)ccc1N1CCOCCC1=NC#N. The van der Waals surface area contributed by atoms with E-state index in [4.69, 9.17) is 14.7 Å². The Hall–Kier alpha value is -2.58. The summed E-state index contributed by atoms with van der Waals surface area (Å²) in [6.45, 7) is 4.25. The molecule has 0 aliphatic carbocycles. The molecule has 1 amide bonds. The number of aryl methyl sites for hydroxylation is 1. The van der Waals surface area contributed by atoms with Crippen LogP contribution in [0.4, 0.5) is 5.69 Å². The lowest BCUT2D eigenvalue weighted by molar-refractivity contribution is -0.124. The van der Waals surface area contributed by atoms with E-state index in [-0.39, 0.29) is 24.7 Å². The number of nitrogens with one attached hydrogen (secondary N) is 1. The van der Waals surface area contributed by atoms with Gasteiger partial charge in [-0.3, -0.25) is 9.59 Å². The quantitative estimate of drug-likeness (QED) is 0.557. The normalized spacial score (nSPS) is 21.8. The highest BCUT2D eigenvalue weighted by atomic mass is 79.9. The maximum Gasteiger partial charge on any atom is 0.262 e. The fraction of sp³-hybridized carbons (Fsp3) is 0.417. The topological polar surface area (TPSA) is 104 Å². The molecule has 2 aliphatic heterocycles. The number of thiophene rings is 1. The summed E-state index contributed by atoms with van der Waals surface area (Å²) in [5, 5.41) is 12.0. The fourth-order valence-corrected chi connectivity index (χ4v) is 5.55. The highest BCUT2D eigenvalue weighted by molar-refractivity contribution is 9.11. The van der Waals surface area contributed by atoms with Gasteiger partial charge < -0.3 is 19.7 Å². The van der Waals surface area contributed by atoms with Gasteiger partial charge in [0.05, 0.1) is 28.5 Å². The number of aliphatic imine (C=N–C) groups is 1. The van der Waals surface area contributed by atoms with Crippen LogP contribution < -0.4 is 10.2 Å². The lowest BCUT2D eigenvalue weighted by Crippen LogP contribution is -2.55. The number of benzene rings is 1. The first-order chi connectivity index (χ1) is 16.4.